The number of rotatable bonds is 2. The molecule has 0 aliphatic carbocycles. The van der Waals surface area contributed by atoms with Crippen molar-refractivity contribution in [2.45, 2.75) is 19.6 Å². The fourth-order valence-electron chi connectivity index (χ4n) is 2.82. The molecule has 1 N–H and O–H groups in total. The average Bonchev–Trinajstić information content (AvgIpc) is 2.47. The highest BCUT2D eigenvalue weighted by molar-refractivity contribution is 6.90. The van der Waals surface area contributed by atoms with Crippen LogP contribution in [0.2, 0.25) is 19.6 Å². The van der Waals surface area contributed by atoms with Gasteiger partial charge in [0.05, 0.1) is 8.07 Å². The maximum absolute atomic E-state index is 10.9. The van der Waals surface area contributed by atoms with Crippen LogP contribution in [0.1, 0.15) is 0 Å². The molecular weight excluding hydrogens is 272 g/mol. The summed E-state index contributed by atoms with van der Waals surface area (Å²) in [7, 11) is -1.57. The molecule has 0 saturated heterocycles. The molecule has 3 rings (SSSR count). The lowest BCUT2D eigenvalue weighted by molar-refractivity contribution is 0.484. The van der Waals surface area contributed by atoms with Crippen LogP contribution in [0.3, 0.4) is 0 Å². The van der Waals surface area contributed by atoms with Crippen LogP contribution >= 0.6 is 0 Å². The number of benzene rings is 3. The molecule has 0 aromatic heterocycles. The number of phenols is 1. The number of hydrogen-bond acceptors (Lipinski definition) is 1. The van der Waals surface area contributed by atoms with E-state index in [1.807, 2.05) is 36.4 Å². The van der Waals surface area contributed by atoms with Crippen LogP contribution in [-0.4, -0.2) is 13.2 Å². The van der Waals surface area contributed by atoms with Crippen LogP contribution in [0.15, 0.2) is 60.7 Å². The molecule has 0 aliphatic rings. The van der Waals surface area contributed by atoms with Crippen molar-refractivity contribution in [2.75, 3.05) is 0 Å². The maximum Gasteiger partial charge on any atom is 0.131 e. The molecule has 1 nitrogen and oxygen atoms in total. The molecule has 0 amide bonds. The van der Waals surface area contributed by atoms with Crippen LogP contribution in [0.25, 0.3) is 21.9 Å². The molecule has 106 valence electrons. The van der Waals surface area contributed by atoms with E-state index in [0.717, 1.165) is 21.9 Å². The Balaban J connectivity index is 2.43. The second-order valence-corrected chi connectivity index (χ2v) is 11.5. The van der Waals surface area contributed by atoms with Gasteiger partial charge in [0.25, 0.3) is 0 Å². The van der Waals surface area contributed by atoms with Gasteiger partial charge in [0.1, 0.15) is 5.75 Å². The van der Waals surface area contributed by atoms with Crippen LogP contribution in [-0.2, 0) is 0 Å². The van der Waals surface area contributed by atoms with E-state index in [0.29, 0.717) is 5.75 Å². The Bertz CT molecular complexity index is 786. The van der Waals surface area contributed by atoms with Crippen LogP contribution < -0.4 is 5.19 Å². The zero-order valence-corrected chi connectivity index (χ0v) is 13.7. The molecule has 0 fully saturated rings. The Kier molecular flexibility index (Phi) is 3.34. The summed E-state index contributed by atoms with van der Waals surface area (Å²) >= 11 is 0. The van der Waals surface area contributed by atoms with Crippen molar-refractivity contribution in [3.63, 3.8) is 0 Å². The number of fused-ring (bicyclic) bond motifs is 1. The number of aromatic hydroxyl groups is 1. The van der Waals surface area contributed by atoms with Gasteiger partial charge in [0.2, 0.25) is 0 Å². The summed E-state index contributed by atoms with van der Waals surface area (Å²) in [6.07, 6.45) is 0. The van der Waals surface area contributed by atoms with E-state index in [1.165, 1.54) is 5.19 Å². The Labute approximate surface area is 126 Å². The van der Waals surface area contributed by atoms with E-state index in [-0.39, 0.29) is 0 Å². The second-order valence-electron chi connectivity index (χ2n) is 6.48. The quantitative estimate of drug-likeness (QED) is 0.675. The molecule has 0 spiro atoms. The highest BCUT2D eigenvalue weighted by atomic mass is 28.3. The Morgan fingerprint density at radius 2 is 1.43 bits per heavy atom. The van der Waals surface area contributed by atoms with E-state index >= 15 is 0 Å². The SMILES string of the molecule is C[Si](C)(C)c1cc2ccccc2c(O)c1-c1ccccc1. The molecule has 0 aliphatic heterocycles. The highest BCUT2D eigenvalue weighted by Gasteiger charge is 2.24. The first kappa shape index (κ1) is 13.9. The fourth-order valence-corrected chi connectivity index (χ4v) is 4.42. The van der Waals surface area contributed by atoms with Gasteiger partial charge in [-0.1, -0.05) is 80.3 Å². The summed E-state index contributed by atoms with van der Waals surface area (Å²) in [5.74, 6) is 0.414. The standard InChI is InChI=1S/C19H20OSi/c1-21(2,3)17-13-15-11-7-8-12-16(15)19(20)18(17)14-9-5-4-6-10-14/h4-13,20H,1-3H3. The summed E-state index contributed by atoms with van der Waals surface area (Å²) < 4.78 is 0. The zero-order chi connectivity index (χ0) is 15.0. The summed E-state index contributed by atoms with van der Waals surface area (Å²) in [5, 5.41) is 14.2. The minimum absolute atomic E-state index is 0.414. The van der Waals surface area contributed by atoms with E-state index < -0.39 is 8.07 Å². The van der Waals surface area contributed by atoms with Gasteiger partial charge < -0.3 is 5.11 Å². The molecule has 0 saturated carbocycles. The van der Waals surface area contributed by atoms with Crippen molar-refractivity contribution < 1.29 is 5.11 Å². The monoisotopic (exact) mass is 292 g/mol. The predicted molar refractivity (Wildman–Crippen MR) is 94.0 cm³/mol. The third-order valence-corrected chi connectivity index (χ3v) is 5.90. The molecule has 0 unspecified atom stereocenters. The maximum atomic E-state index is 10.9. The molecule has 3 aromatic carbocycles. The van der Waals surface area contributed by atoms with Gasteiger partial charge in [-0.25, -0.2) is 0 Å². The third-order valence-electron chi connectivity index (χ3n) is 3.89. The zero-order valence-electron chi connectivity index (χ0n) is 12.7. The van der Waals surface area contributed by atoms with Gasteiger partial charge in [0.15, 0.2) is 0 Å². The first-order valence-corrected chi connectivity index (χ1v) is 10.8. The van der Waals surface area contributed by atoms with Gasteiger partial charge in [-0.15, -0.1) is 0 Å². The number of hydrogen-bond donors (Lipinski definition) is 1. The smallest absolute Gasteiger partial charge is 0.131 e. The fraction of sp³-hybridized carbons (Fsp3) is 0.158. The Hall–Kier alpha value is -2.06. The summed E-state index contributed by atoms with van der Waals surface area (Å²) in [6.45, 7) is 6.97. The predicted octanol–water partition coefficient (Wildman–Crippen LogP) is 4.76. The molecule has 0 bridgehead atoms. The van der Waals surface area contributed by atoms with E-state index in [4.69, 9.17) is 0 Å². The second kappa shape index (κ2) is 5.04. The first-order chi connectivity index (χ1) is 9.98. The lowest BCUT2D eigenvalue weighted by atomic mass is 9.99. The van der Waals surface area contributed by atoms with Crippen molar-refractivity contribution >= 4 is 24.0 Å². The molecular formula is C19H20OSi. The molecule has 0 radical (unpaired) electrons. The van der Waals surface area contributed by atoms with E-state index in [2.05, 4.69) is 43.9 Å². The van der Waals surface area contributed by atoms with Crippen LogP contribution in [0.4, 0.5) is 0 Å². The molecule has 21 heavy (non-hydrogen) atoms. The number of phenolic OH excluding ortho intramolecular Hbond substituents is 1. The van der Waals surface area contributed by atoms with Crippen molar-refractivity contribution in [1.82, 2.24) is 0 Å². The Morgan fingerprint density at radius 3 is 2.10 bits per heavy atom. The van der Waals surface area contributed by atoms with E-state index in [1.54, 1.807) is 0 Å². The summed E-state index contributed by atoms with van der Waals surface area (Å²) in [4.78, 5) is 0. The van der Waals surface area contributed by atoms with Crippen LogP contribution in [0.5, 0.6) is 5.75 Å². The van der Waals surface area contributed by atoms with Crippen molar-refractivity contribution in [1.29, 1.82) is 0 Å². The topological polar surface area (TPSA) is 20.2 Å². The normalized spacial score (nSPS) is 11.8. The minimum Gasteiger partial charge on any atom is -0.507 e. The summed E-state index contributed by atoms with van der Waals surface area (Å²) in [5.41, 5.74) is 2.10. The van der Waals surface area contributed by atoms with Gasteiger partial charge in [0, 0.05) is 10.9 Å². The van der Waals surface area contributed by atoms with Crippen molar-refractivity contribution in [2.24, 2.45) is 0 Å². The lowest BCUT2D eigenvalue weighted by Crippen LogP contribution is -2.39. The van der Waals surface area contributed by atoms with E-state index in [9.17, 15) is 5.11 Å². The Morgan fingerprint density at radius 1 is 0.810 bits per heavy atom. The third kappa shape index (κ3) is 2.47. The van der Waals surface area contributed by atoms with Gasteiger partial charge in [-0.05, 0) is 16.1 Å². The first-order valence-electron chi connectivity index (χ1n) is 7.29. The van der Waals surface area contributed by atoms with Crippen LogP contribution in [0, 0.1) is 0 Å². The van der Waals surface area contributed by atoms with Gasteiger partial charge >= 0.3 is 0 Å². The molecule has 0 heterocycles. The van der Waals surface area contributed by atoms with Crippen molar-refractivity contribution in [3.05, 3.63) is 60.7 Å². The van der Waals surface area contributed by atoms with Gasteiger partial charge in [-0.2, -0.15) is 0 Å². The minimum atomic E-state index is -1.57. The highest BCUT2D eigenvalue weighted by Crippen LogP contribution is 2.35. The largest absolute Gasteiger partial charge is 0.507 e. The molecule has 2 heteroatoms. The summed E-state index contributed by atoms with van der Waals surface area (Å²) in [6, 6.07) is 20.6. The average molecular weight is 292 g/mol. The lowest BCUT2D eigenvalue weighted by Gasteiger charge is -2.23. The molecule has 3 aromatic rings. The van der Waals surface area contributed by atoms with Crippen molar-refractivity contribution in [3.8, 4) is 16.9 Å². The molecule has 0 atom stereocenters. The van der Waals surface area contributed by atoms with Gasteiger partial charge in [-0.3, -0.25) is 0 Å².